The Hall–Kier alpha value is -5.51. The fourth-order valence-electron chi connectivity index (χ4n) is 4.44. The van der Waals surface area contributed by atoms with Gasteiger partial charge in [0.15, 0.2) is 11.7 Å². The summed E-state index contributed by atoms with van der Waals surface area (Å²) in [4.78, 5) is 12.1. The highest BCUT2D eigenvalue weighted by molar-refractivity contribution is 7.11. The van der Waals surface area contributed by atoms with Crippen LogP contribution in [0.1, 0.15) is 208 Å². The molecular formula is C49H77N11O4S. The maximum atomic E-state index is 5.23. The molecular weight excluding hydrogens is 839 g/mol. The van der Waals surface area contributed by atoms with E-state index in [0.29, 0.717) is 47.3 Å². The van der Waals surface area contributed by atoms with Gasteiger partial charge in [-0.2, -0.15) is 15.2 Å². The number of hydrogen-bond acceptors (Lipinski definition) is 16. The van der Waals surface area contributed by atoms with Crippen molar-refractivity contribution in [1.29, 1.82) is 0 Å². The Balaban J connectivity index is 0.000000379. The van der Waals surface area contributed by atoms with Gasteiger partial charge in [0.1, 0.15) is 21.5 Å². The molecule has 0 spiro atoms. The van der Waals surface area contributed by atoms with E-state index in [1.165, 1.54) is 5.56 Å². The second kappa shape index (κ2) is 28.4. The zero-order valence-corrected chi connectivity index (χ0v) is 43.9. The van der Waals surface area contributed by atoms with Gasteiger partial charge in [0.05, 0.1) is 17.6 Å². The van der Waals surface area contributed by atoms with Crippen LogP contribution in [0, 0.1) is 34.6 Å². The number of nitrogens with zero attached hydrogens (tertiary/aromatic N) is 11. The van der Waals surface area contributed by atoms with Crippen LogP contribution < -0.4 is 0 Å². The van der Waals surface area contributed by atoms with Crippen molar-refractivity contribution in [3.63, 3.8) is 0 Å². The summed E-state index contributed by atoms with van der Waals surface area (Å²) in [7, 11) is 0. The topological polar surface area (TPSA) is 194 Å². The number of aromatic nitrogens is 11. The van der Waals surface area contributed by atoms with Crippen molar-refractivity contribution >= 4 is 11.3 Å². The Labute approximate surface area is 392 Å². The van der Waals surface area contributed by atoms with E-state index in [2.05, 4.69) is 145 Å². The predicted molar refractivity (Wildman–Crippen MR) is 259 cm³/mol. The van der Waals surface area contributed by atoms with Crippen LogP contribution in [0.15, 0.2) is 73.0 Å². The van der Waals surface area contributed by atoms with Gasteiger partial charge in [-0.3, -0.25) is 4.98 Å². The Morgan fingerprint density at radius 1 is 0.569 bits per heavy atom. The van der Waals surface area contributed by atoms with Crippen LogP contribution in [0.2, 0.25) is 0 Å². The molecule has 7 rings (SSSR count). The normalized spacial score (nSPS) is 10.9. The molecule has 0 saturated carbocycles. The smallest absolute Gasteiger partial charge is 0.223 e. The average Bonchev–Trinajstić information content (AvgIpc) is 4.10. The fraction of sp³-hybridized carbons (Fsp3) is 0.571. The molecule has 65 heavy (non-hydrogen) atoms. The molecule has 7 aromatic rings. The summed E-state index contributed by atoms with van der Waals surface area (Å²) in [5.41, 5.74) is 3.63. The first kappa shape index (κ1) is 57.5. The first-order valence-electron chi connectivity index (χ1n) is 22.1. The maximum absolute atomic E-state index is 5.23. The highest BCUT2D eigenvalue weighted by Gasteiger charge is 2.14. The monoisotopic (exact) mass is 916 g/mol. The van der Waals surface area contributed by atoms with E-state index in [0.717, 1.165) is 44.6 Å². The summed E-state index contributed by atoms with van der Waals surface area (Å²) in [6.07, 6.45) is 7.15. The van der Waals surface area contributed by atoms with Crippen molar-refractivity contribution in [2.75, 3.05) is 0 Å². The molecule has 7 heterocycles. The van der Waals surface area contributed by atoms with Gasteiger partial charge in [0.25, 0.3) is 0 Å². The summed E-state index contributed by atoms with van der Waals surface area (Å²) in [6, 6.07) is 9.94. The van der Waals surface area contributed by atoms with Crippen molar-refractivity contribution in [2.45, 2.75) is 186 Å². The van der Waals surface area contributed by atoms with Crippen LogP contribution in [0.4, 0.5) is 0 Å². The minimum atomic E-state index is 0.119. The van der Waals surface area contributed by atoms with Gasteiger partial charge in [-0.25, -0.2) is 4.98 Å². The van der Waals surface area contributed by atoms with Crippen molar-refractivity contribution in [1.82, 2.24) is 55.9 Å². The largest absolute Gasteiger partial charge is 0.446 e. The van der Waals surface area contributed by atoms with Crippen LogP contribution in [-0.4, -0.2) is 55.9 Å². The van der Waals surface area contributed by atoms with Crippen molar-refractivity contribution in [3.05, 3.63) is 123 Å². The second-order valence-electron chi connectivity index (χ2n) is 18.8. The van der Waals surface area contributed by atoms with E-state index in [-0.39, 0.29) is 10.8 Å². The van der Waals surface area contributed by atoms with Crippen LogP contribution in [0.25, 0.3) is 0 Å². The zero-order valence-electron chi connectivity index (χ0n) is 43.0. The highest BCUT2D eigenvalue weighted by Crippen LogP contribution is 2.21. The Kier molecular flexibility index (Phi) is 25.1. The molecule has 0 saturated heterocycles. The molecule has 7 aromatic heterocycles. The molecule has 0 aliphatic rings. The maximum Gasteiger partial charge on any atom is 0.223 e. The molecule has 0 aliphatic heterocycles. The lowest BCUT2D eigenvalue weighted by Crippen LogP contribution is -2.13. The van der Waals surface area contributed by atoms with E-state index in [9.17, 15) is 0 Å². The van der Waals surface area contributed by atoms with Gasteiger partial charge in [-0.1, -0.05) is 127 Å². The summed E-state index contributed by atoms with van der Waals surface area (Å²) in [6.45, 7) is 42.9. The van der Waals surface area contributed by atoms with Gasteiger partial charge in [0.2, 0.25) is 17.7 Å². The molecule has 0 aromatic carbocycles. The molecule has 0 fully saturated rings. The standard InChI is InChI=1S/C9H13N.C8H12N2.2C7H11NO.2C6H10N2O.C6H10N2S/c1-9(2,3)8-5-4-6-10-7-8;1-8(2,3)7-5-4-6-9-10-7;1-5(2)7-8-4-6(3)9-7;1-5(2)7-4-6(3)8-9-7;1-4(2)6-8-7-5(3)9-6;1-4(2)6-7-5(3)9-8-6;1-4(2)6-8-7-5(3)9-6/h4-7H,1-3H3;4-6H,1-3H3;2*4-5H,1-3H3;3*4H,1-3H3. The quantitative estimate of drug-likeness (QED) is 0.158. The van der Waals surface area contributed by atoms with Crippen LogP contribution in [-0.2, 0) is 10.8 Å². The van der Waals surface area contributed by atoms with E-state index in [4.69, 9.17) is 17.9 Å². The number of hydrogen-bond donors (Lipinski definition) is 0. The second-order valence-corrected chi connectivity index (χ2v) is 20.0. The van der Waals surface area contributed by atoms with Gasteiger partial charge in [-0.15, -0.1) is 31.7 Å². The lowest BCUT2D eigenvalue weighted by Gasteiger charge is -2.17. The third-order valence-corrected chi connectivity index (χ3v) is 9.49. The minimum absolute atomic E-state index is 0.119. The SMILES string of the molecule is CC(C)(C)c1cccnc1.CC(C)(C)c1cccnn1.Cc1cc(C(C)C)on1.Cc1cnc(C(C)C)o1.Cc1nc(C(C)C)no1.Cc1nnc(C(C)C)o1.Cc1nnc(C(C)C)s1. The summed E-state index contributed by atoms with van der Waals surface area (Å²) < 4.78 is 20.1. The Bertz CT molecular complexity index is 1950. The number of rotatable bonds is 5. The van der Waals surface area contributed by atoms with E-state index < -0.39 is 0 Å². The number of pyridine rings is 1. The lowest BCUT2D eigenvalue weighted by molar-refractivity contribution is 0.368. The third kappa shape index (κ3) is 24.4. The summed E-state index contributed by atoms with van der Waals surface area (Å²) in [5.74, 6) is 7.53. The molecule has 0 radical (unpaired) electrons. The average molecular weight is 916 g/mol. The number of oxazole rings is 1. The van der Waals surface area contributed by atoms with Crippen molar-refractivity contribution < 1.29 is 17.9 Å². The van der Waals surface area contributed by atoms with Gasteiger partial charge < -0.3 is 17.9 Å². The highest BCUT2D eigenvalue weighted by atomic mass is 32.1. The molecule has 0 aliphatic carbocycles. The molecule has 16 heteroatoms. The van der Waals surface area contributed by atoms with Crippen LogP contribution >= 0.6 is 11.3 Å². The van der Waals surface area contributed by atoms with Crippen molar-refractivity contribution in [2.24, 2.45) is 0 Å². The minimum Gasteiger partial charge on any atom is -0.446 e. The van der Waals surface area contributed by atoms with E-state index in [1.54, 1.807) is 43.8 Å². The van der Waals surface area contributed by atoms with Crippen LogP contribution in [0.3, 0.4) is 0 Å². The van der Waals surface area contributed by atoms with Gasteiger partial charge >= 0.3 is 0 Å². The molecule has 0 atom stereocenters. The molecule has 0 amide bonds. The van der Waals surface area contributed by atoms with Gasteiger partial charge in [0, 0.05) is 73.5 Å². The molecule has 0 unspecified atom stereocenters. The molecule has 358 valence electrons. The Morgan fingerprint density at radius 3 is 1.46 bits per heavy atom. The molecule has 0 N–H and O–H groups in total. The zero-order chi connectivity index (χ0) is 49.5. The summed E-state index contributed by atoms with van der Waals surface area (Å²) >= 11 is 1.67. The molecule has 0 bridgehead atoms. The van der Waals surface area contributed by atoms with E-state index >= 15 is 0 Å². The van der Waals surface area contributed by atoms with E-state index in [1.807, 2.05) is 78.9 Å². The first-order valence-corrected chi connectivity index (χ1v) is 23.0. The van der Waals surface area contributed by atoms with Gasteiger partial charge in [-0.05, 0) is 49.9 Å². The van der Waals surface area contributed by atoms with Crippen molar-refractivity contribution in [3.8, 4) is 0 Å². The lowest BCUT2D eigenvalue weighted by atomic mass is 9.88. The number of aryl methyl sites for hydroxylation is 5. The Morgan fingerprint density at radius 2 is 1.22 bits per heavy atom. The summed E-state index contributed by atoms with van der Waals surface area (Å²) in [5, 5.41) is 32.9. The molecule has 15 nitrogen and oxygen atoms in total. The third-order valence-electron chi connectivity index (χ3n) is 8.35. The first-order chi connectivity index (χ1) is 30.2. The predicted octanol–water partition coefficient (Wildman–Crippen LogP) is 13.3. The fourth-order valence-corrected chi connectivity index (χ4v) is 5.14. The van der Waals surface area contributed by atoms with Crippen LogP contribution in [0.5, 0.6) is 0 Å².